The van der Waals surface area contributed by atoms with Crippen molar-refractivity contribution in [3.8, 4) is 10.4 Å². The van der Waals surface area contributed by atoms with Crippen LogP contribution >= 0.6 is 11.3 Å². The number of sulfonamides is 1. The zero-order chi connectivity index (χ0) is 26.8. The van der Waals surface area contributed by atoms with Gasteiger partial charge >= 0.3 is 0 Å². The van der Waals surface area contributed by atoms with E-state index in [2.05, 4.69) is 20.0 Å². The van der Waals surface area contributed by atoms with Crippen molar-refractivity contribution in [3.05, 3.63) is 28.5 Å². The Bertz CT molecular complexity index is 1230. The van der Waals surface area contributed by atoms with Crippen LogP contribution in [-0.2, 0) is 10.0 Å². The van der Waals surface area contributed by atoms with Gasteiger partial charge in [0, 0.05) is 31.4 Å². The third-order valence-corrected chi connectivity index (χ3v) is 8.46. The molecule has 0 aliphatic carbocycles. The van der Waals surface area contributed by atoms with Gasteiger partial charge in [0.05, 0.1) is 15.7 Å². The van der Waals surface area contributed by atoms with Crippen LogP contribution in [0.15, 0.2) is 12.3 Å². The molecule has 2 aromatic rings. The molecule has 0 unspecified atom stereocenters. The fourth-order valence-electron chi connectivity index (χ4n) is 3.43. The van der Waals surface area contributed by atoms with E-state index in [-0.39, 0.29) is 49.0 Å². The Morgan fingerprint density at radius 1 is 1.31 bits per heavy atom. The number of aryl methyl sites for hydroxylation is 1. The number of thiazole rings is 1. The van der Waals surface area contributed by atoms with Crippen LogP contribution in [0.5, 0.6) is 0 Å². The standard InChI is InChI=1S/C23H32FN5O5S2/c1-13(2)36(33,34)28-17-10-14(3)16(11-25-17)19-18(22(31)29-8-6-15(24)7-9-29)27-21(35-19)20(30)26-12-23(4,5)32/h10-11,13,15,32H,6-9,12H2,1-5H3,(H,25,28)(H,26,30). The third-order valence-electron chi connectivity index (χ3n) is 5.64. The number of aliphatic hydroxyl groups is 1. The smallest absolute Gasteiger partial charge is 0.280 e. The highest BCUT2D eigenvalue weighted by molar-refractivity contribution is 7.93. The van der Waals surface area contributed by atoms with Gasteiger partial charge in [0.25, 0.3) is 11.8 Å². The van der Waals surface area contributed by atoms with Crippen LogP contribution in [0.2, 0.25) is 0 Å². The van der Waals surface area contributed by atoms with E-state index in [1.807, 2.05) is 0 Å². The molecule has 0 radical (unpaired) electrons. The number of nitrogens with one attached hydrogen (secondary N) is 2. The molecule has 1 aliphatic heterocycles. The minimum Gasteiger partial charge on any atom is -0.389 e. The molecular weight excluding hydrogens is 509 g/mol. The fraction of sp³-hybridized carbons (Fsp3) is 0.565. The summed E-state index contributed by atoms with van der Waals surface area (Å²) in [7, 11) is -3.60. The van der Waals surface area contributed by atoms with Crippen LogP contribution in [0, 0.1) is 6.92 Å². The second-order valence-corrected chi connectivity index (χ2v) is 13.0. The Balaban J connectivity index is 1.99. The Labute approximate surface area is 214 Å². The molecule has 2 amide bonds. The normalized spacial score (nSPS) is 15.3. The third kappa shape index (κ3) is 6.77. The molecule has 36 heavy (non-hydrogen) atoms. The first kappa shape index (κ1) is 27.9. The number of rotatable bonds is 8. The topological polar surface area (TPSA) is 142 Å². The van der Waals surface area contributed by atoms with Gasteiger partial charge in [-0.3, -0.25) is 14.3 Å². The molecule has 0 spiro atoms. The zero-order valence-electron chi connectivity index (χ0n) is 21.0. The summed E-state index contributed by atoms with van der Waals surface area (Å²) in [6, 6.07) is 1.55. The molecule has 1 fully saturated rings. The SMILES string of the molecule is Cc1cc(NS(=O)(=O)C(C)C)ncc1-c1sc(C(=O)NCC(C)(C)O)nc1C(=O)N1CCC(F)CC1. The minimum absolute atomic E-state index is 0.0146. The van der Waals surface area contributed by atoms with Gasteiger partial charge in [-0.2, -0.15) is 0 Å². The number of piperidine rings is 1. The van der Waals surface area contributed by atoms with Crippen LogP contribution < -0.4 is 10.0 Å². The highest BCUT2D eigenvalue weighted by Gasteiger charge is 2.30. The molecular formula is C23H32FN5O5S2. The number of carbonyl (C=O) groups excluding carboxylic acids is 2. The van der Waals surface area contributed by atoms with E-state index >= 15 is 0 Å². The van der Waals surface area contributed by atoms with Crippen molar-refractivity contribution < 1.29 is 27.5 Å². The first-order chi connectivity index (χ1) is 16.7. The summed E-state index contributed by atoms with van der Waals surface area (Å²) < 4.78 is 40.5. The summed E-state index contributed by atoms with van der Waals surface area (Å²) in [4.78, 5) is 36.6. The largest absolute Gasteiger partial charge is 0.389 e. The molecule has 3 N–H and O–H groups in total. The highest BCUT2D eigenvalue weighted by atomic mass is 32.2. The second kappa shape index (κ2) is 10.8. The van der Waals surface area contributed by atoms with E-state index in [1.54, 1.807) is 40.7 Å². The Morgan fingerprint density at radius 2 is 1.94 bits per heavy atom. The monoisotopic (exact) mass is 541 g/mol. The number of carbonyl (C=O) groups is 2. The van der Waals surface area contributed by atoms with Crippen molar-refractivity contribution in [2.45, 2.75) is 64.5 Å². The molecule has 0 bridgehead atoms. The van der Waals surface area contributed by atoms with Gasteiger partial charge in [-0.05, 0) is 59.1 Å². The number of alkyl halides is 1. The van der Waals surface area contributed by atoms with Crippen molar-refractivity contribution in [3.63, 3.8) is 0 Å². The average Bonchev–Trinajstić information content (AvgIpc) is 3.22. The summed E-state index contributed by atoms with van der Waals surface area (Å²) >= 11 is 0.997. The van der Waals surface area contributed by atoms with Crippen molar-refractivity contribution >= 4 is 39.0 Å². The summed E-state index contributed by atoms with van der Waals surface area (Å²) in [5.41, 5.74) is 0.0524. The van der Waals surface area contributed by atoms with Crippen LogP contribution in [0.1, 0.15) is 66.4 Å². The maximum Gasteiger partial charge on any atom is 0.280 e. The predicted octanol–water partition coefficient (Wildman–Crippen LogP) is 2.74. The highest BCUT2D eigenvalue weighted by Crippen LogP contribution is 2.34. The summed E-state index contributed by atoms with van der Waals surface area (Å²) in [6.07, 6.45) is 0.940. The zero-order valence-corrected chi connectivity index (χ0v) is 22.6. The van der Waals surface area contributed by atoms with Gasteiger partial charge in [-0.25, -0.2) is 22.8 Å². The van der Waals surface area contributed by atoms with Crippen LogP contribution in [-0.4, -0.2) is 76.9 Å². The lowest BCUT2D eigenvalue weighted by atomic mass is 10.1. The molecule has 0 saturated carbocycles. The van der Waals surface area contributed by atoms with Crippen LogP contribution in [0.3, 0.4) is 0 Å². The van der Waals surface area contributed by atoms with Crippen molar-refractivity contribution in [2.24, 2.45) is 0 Å². The van der Waals surface area contributed by atoms with Crippen LogP contribution in [0.4, 0.5) is 10.2 Å². The van der Waals surface area contributed by atoms with Gasteiger partial charge in [-0.1, -0.05) is 0 Å². The van der Waals surface area contributed by atoms with E-state index in [4.69, 9.17) is 0 Å². The lowest BCUT2D eigenvalue weighted by molar-refractivity contribution is 0.0660. The van der Waals surface area contributed by atoms with E-state index in [0.29, 0.717) is 16.0 Å². The number of likely N-dealkylation sites (tertiary alicyclic amines) is 1. The molecule has 1 aliphatic rings. The fourth-order valence-corrected chi connectivity index (χ4v) is 5.12. The number of anilines is 1. The average molecular weight is 542 g/mol. The maximum atomic E-state index is 13.6. The molecule has 3 heterocycles. The number of hydrogen-bond acceptors (Lipinski definition) is 8. The summed E-state index contributed by atoms with van der Waals surface area (Å²) in [5, 5.41) is 11.9. The van der Waals surface area contributed by atoms with Crippen molar-refractivity contribution in [1.29, 1.82) is 0 Å². The summed E-state index contributed by atoms with van der Waals surface area (Å²) in [5.74, 6) is -0.828. The van der Waals surface area contributed by atoms with E-state index in [0.717, 1.165) is 11.3 Å². The molecule has 198 valence electrons. The molecule has 0 atom stereocenters. The number of aromatic nitrogens is 2. The lowest BCUT2D eigenvalue weighted by Crippen LogP contribution is -2.39. The predicted molar refractivity (Wildman–Crippen MR) is 136 cm³/mol. The number of hydrogen-bond donors (Lipinski definition) is 3. The van der Waals surface area contributed by atoms with Gasteiger partial charge in [0.15, 0.2) is 5.01 Å². The number of halogens is 1. The van der Waals surface area contributed by atoms with Gasteiger partial charge in [0.2, 0.25) is 10.0 Å². The Kier molecular flexibility index (Phi) is 8.36. The van der Waals surface area contributed by atoms with E-state index in [9.17, 15) is 27.5 Å². The molecule has 1 saturated heterocycles. The molecule has 13 heteroatoms. The van der Waals surface area contributed by atoms with Gasteiger partial charge in [0.1, 0.15) is 17.7 Å². The van der Waals surface area contributed by atoms with E-state index in [1.165, 1.54) is 11.1 Å². The Hall–Kier alpha value is -2.64. The quantitative estimate of drug-likeness (QED) is 0.467. The first-order valence-electron chi connectivity index (χ1n) is 11.6. The Morgan fingerprint density at radius 3 is 2.50 bits per heavy atom. The van der Waals surface area contributed by atoms with E-state index < -0.39 is 38.9 Å². The summed E-state index contributed by atoms with van der Waals surface area (Å²) in [6.45, 7) is 8.40. The number of nitrogens with zero attached hydrogens (tertiary/aromatic N) is 3. The van der Waals surface area contributed by atoms with Crippen molar-refractivity contribution in [2.75, 3.05) is 24.4 Å². The molecule has 3 rings (SSSR count). The second-order valence-electron chi connectivity index (χ2n) is 9.74. The molecule has 10 nitrogen and oxygen atoms in total. The lowest BCUT2D eigenvalue weighted by Gasteiger charge is -2.28. The number of pyridine rings is 1. The minimum atomic E-state index is -3.60. The molecule has 0 aromatic carbocycles. The van der Waals surface area contributed by atoms with Crippen molar-refractivity contribution in [1.82, 2.24) is 20.2 Å². The maximum absolute atomic E-state index is 13.6. The van der Waals surface area contributed by atoms with Gasteiger partial charge < -0.3 is 15.3 Å². The van der Waals surface area contributed by atoms with Gasteiger partial charge in [-0.15, -0.1) is 11.3 Å². The molecule has 2 aromatic heterocycles. The number of amides is 2. The van der Waals surface area contributed by atoms with Crippen LogP contribution in [0.25, 0.3) is 10.4 Å². The first-order valence-corrected chi connectivity index (χ1v) is 14.0.